The molecule has 0 bridgehead atoms. The molecule has 0 aliphatic heterocycles. The molecule has 2 aromatic rings. The number of esters is 1. The molecule has 2 atom stereocenters. The van der Waals surface area contributed by atoms with Crippen LogP contribution in [-0.2, 0) is 19.6 Å². The fourth-order valence-corrected chi connectivity index (χ4v) is 3.50. The van der Waals surface area contributed by atoms with Gasteiger partial charge in [-0.25, -0.2) is 8.42 Å². The Morgan fingerprint density at radius 3 is 2.12 bits per heavy atom. The highest BCUT2D eigenvalue weighted by Crippen LogP contribution is 2.22. The average Bonchev–Trinajstić information content (AvgIpc) is 2.65. The number of aryl methyl sites for hydroxylation is 1. The highest BCUT2D eigenvalue weighted by molar-refractivity contribution is 7.89. The second-order valence-electron chi connectivity index (χ2n) is 5.65. The Hall–Kier alpha value is -2.42. The van der Waals surface area contributed by atoms with E-state index in [1.807, 2.05) is 6.92 Å². The summed E-state index contributed by atoms with van der Waals surface area (Å²) in [5.74, 6) is -0.334. The summed E-state index contributed by atoms with van der Waals surface area (Å²) in [6.45, 7) is 1.83. The van der Waals surface area contributed by atoms with Crippen LogP contribution >= 0.6 is 0 Å². The minimum Gasteiger partial charge on any atom is -0.497 e. The second-order valence-corrected chi connectivity index (χ2v) is 7.37. The molecule has 0 amide bonds. The Morgan fingerprint density at radius 2 is 1.62 bits per heavy atom. The number of methoxy groups -OCH3 is 2. The van der Waals surface area contributed by atoms with E-state index in [1.165, 1.54) is 19.2 Å². The van der Waals surface area contributed by atoms with Gasteiger partial charge in [-0.15, -0.1) is 0 Å². The third-order valence-electron chi connectivity index (χ3n) is 3.84. The highest BCUT2D eigenvalue weighted by Gasteiger charge is 2.33. The van der Waals surface area contributed by atoms with E-state index in [-0.39, 0.29) is 4.90 Å². The molecular weight excluding hydrogens is 358 g/mol. The number of aliphatic hydroxyl groups excluding tert-OH is 1. The Bertz CT molecular complexity index is 846. The smallest absolute Gasteiger partial charge is 0.326 e. The number of sulfonamides is 1. The zero-order chi connectivity index (χ0) is 19.3. The van der Waals surface area contributed by atoms with Crippen molar-refractivity contribution in [1.82, 2.24) is 4.72 Å². The first kappa shape index (κ1) is 19.9. The molecule has 0 radical (unpaired) electrons. The van der Waals surface area contributed by atoms with Crippen LogP contribution in [0.5, 0.6) is 5.75 Å². The van der Waals surface area contributed by atoms with Crippen molar-refractivity contribution in [3.05, 3.63) is 59.7 Å². The van der Waals surface area contributed by atoms with Crippen LogP contribution < -0.4 is 9.46 Å². The summed E-state index contributed by atoms with van der Waals surface area (Å²) >= 11 is 0. The fourth-order valence-electron chi connectivity index (χ4n) is 2.31. The van der Waals surface area contributed by atoms with Gasteiger partial charge in [0.1, 0.15) is 17.9 Å². The number of ether oxygens (including phenoxy) is 2. The van der Waals surface area contributed by atoms with Crippen LogP contribution in [0, 0.1) is 6.92 Å². The maximum Gasteiger partial charge on any atom is 0.326 e. The molecule has 0 aliphatic carbocycles. The topological polar surface area (TPSA) is 102 Å². The van der Waals surface area contributed by atoms with Crippen LogP contribution in [0.15, 0.2) is 53.4 Å². The van der Waals surface area contributed by atoms with Crippen LogP contribution in [-0.4, -0.2) is 39.8 Å². The number of aliphatic hydroxyl groups is 1. The largest absolute Gasteiger partial charge is 0.497 e. The molecule has 2 N–H and O–H groups in total. The van der Waals surface area contributed by atoms with Gasteiger partial charge in [-0.2, -0.15) is 4.72 Å². The van der Waals surface area contributed by atoms with Crippen LogP contribution in [0.1, 0.15) is 17.2 Å². The Kier molecular flexibility index (Phi) is 6.36. The summed E-state index contributed by atoms with van der Waals surface area (Å²) in [5, 5.41) is 10.5. The van der Waals surface area contributed by atoms with Crippen molar-refractivity contribution in [3.8, 4) is 5.75 Å². The van der Waals surface area contributed by atoms with Gasteiger partial charge in [-0.1, -0.05) is 29.8 Å². The van der Waals surface area contributed by atoms with Crippen molar-refractivity contribution in [1.29, 1.82) is 0 Å². The van der Waals surface area contributed by atoms with Crippen LogP contribution in [0.2, 0.25) is 0 Å². The van der Waals surface area contributed by atoms with E-state index in [0.717, 1.165) is 12.7 Å². The molecule has 0 aromatic heterocycles. The molecular formula is C18H21NO6S. The van der Waals surface area contributed by atoms with Gasteiger partial charge in [-0.05, 0) is 36.8 Å². The standard InChI is InChI=1S/C18H21NO6S/c1-12-4-10-15(11-5-12)26(22,23)19-16(18(21)25-3)17(20)13-6-8-14(24-2)9-7-13/h4-11,16-17,19-20H,1-3H3/t16-,17+/m0/s1. The van der Waals surface area contributed by atoms with Gasteiger partial charge in [0.05, 0.1) is 19.1 Å². The lowest BCUT2D eigenvalue weighted by Crippen LogP contribution is -2.45. The maximum absolute atomic E-state index is 12.6. The van der Waals surface area contributed by atoms with Crippen LogP contribution in [0.25, 0.3) is 0 Å². The van der Waals surface area contributed by atoms with Gasteiger partial charge in [-0.3, -0.25) is 4.79 Å². The number of hydrogen-bond donors (Lipinski definition) is 2. The number of hydrogen-bond acceptors (Lipinski definition) is 6. The zero-order valence-electron chi connectivity index (χ0n) is 14.7. The normalized spacial score (nSPS) is 13.7. The van der Waals surface area contributed by atoms with Crippen molar-refractivity contribution in [2.24, 2.45) is 0 Å². The number of rotatable bonds is 7. The average molecular weight is 379 g/mol. The molecule has 0 heterocycles. The van der Waals surface area contributed by atoms with E-state index in [1.54, 1.807) is 36.4 Å². The van der Waals surface area contributed by atoms with Gasteiger partial charge in [0.15, 0.2) is 0 Å². The summed E-state index contributed by atoms with van der Waals surface area (Å²) in [4.78, 5) is 12.1. The predicted octanol–water partition coefficient (Wildman–Crippen LogP) is 1.56. The van der Waals surface area contributed by atoms with E-state index < -0.39 is 28.1 Å². The number of nitrogens with one attached hydrogen (secondary N) is 1. The molecule has 7 nitrogen and oxygen atoms in total. The molecule has 0 saturated carbocycles. The van der Waals surface area contributed by atoms with Crippen molar-refractivity contribution in [2.75, 3.05) is 14.2 Å². The van der Waals surface area contributed by atoms with Crippen molar-refractivity contribution in [3.63, 3.8) is 0 Å². The monoisotopic (exact) mass is 379 g/mol. The highest BCUT2D eigenvalue weighted by atomic mass is 32.2. The van der Waals surface area contributed by atoms with Crippen LogP contribution in [0.3, 0.4) is 0 Å². The Morgan fingerprint density at radius 1 is 1.04 bits per heavy atom. The van der Waals surface area contributed by atoms with Crippen LogP contribution in [0.4, 0.5) is 0 Å². The molecule has 0 fully saturated rings. The fraction of sp³-hybridized carbons (Fsp3) is 0.278. The number of carbonyl (C=O) groups is 1. The van der Waals surface area contributed by atoms with Crippen molar-refractivity contribution >= 4 is 16.0 Å². The molecule has 2 rings (SSSR count). The van der Waals surface area contributed by atoms with Gasteiger partial charge in [0, 0.05) is 0 Å². The van der Waals surface area contributed by atoms with E-state index in [4.69, 9.17) is 4.74 Å². The second kappa shape index (κ2) is 8.31. The molecule has 0 unspecified atom stereocenters. The van der Waals surface area contributed by atoms with E-state index >= 15 is 0 Å². The number of benzene rings is 2. The summed E-state index contributed by atoms with van der Waals surface area (Å²) in [6, 6.07) is 10.9. The molecule has 8 heteroatoms. The lowest BCUT2D eigenvalue weighted by molar-refractivity contribution is -0.145. The predicted molar refractivity (Wildman–Crippen MR) is 95.3 cm³/mol. The Labute approximate surface area is 152 Å². The molecule has 26 heavy (non-hydrogen) atoms. The minimum atomic E-state index is -4.03. The summed E-state index contributed by atoms with van der Waals surface area (Å²) in [6.07, 6.45) is -1.44. The first-order valence-electron chi connectivity index (χ1n) is 7.77. The van der Waals surface area contributed by atoms with Gasteiger partial charge >= 0.3 is 5.97 Å². The minimum absolute atomic E-state index is 0.0149. The third-order valence-corrected chi connectivity index (χ3v) is 5.30. The Balaban J connectivity index is 2.31. The SMILES string of the molecule is COC(=O)[C@@H](NS(=O)(=O)c1ccc(C)cc1)[C@H](O)c1ccc(OC)cc1. The third kappa shape index (κ3) is 4.60. The lowest BCUT2D eigenvalue weighted by atomic mass is 10.0. The van der Waals surface area contributed by atoms with Gasteiger partial charge in [0.2, 0.25) is 10.0 Å². The van der Waals surface area contributed by atoms with Gasteiger partial charge in [0.25, 0.3) is 0 Å². The quantitative estimate of drug-likeness (QED) is 0.708. The van der Waals surface area contributed by atoms with Gasteiger partial charge < -0.3 is 14.6 Å². The first-order valence-corrected chi connectivity index (χ1v) is 9.25. The van der Waals surface area contributed by atoms with E-state index in [2.05, 4.69) is 9.46 Å². The summed E-state index contributed by atoms with van der Waals surface area (Å²) in [5.41, 5.74) is 1.24. The lowest BCUT2D eigenvalue weighted by Gasteiger charge is -2.22. The number of carbonyl (C=O) groups excluding carboxylic acids is 1. The molecule has 2 aromatic carbocycles. The van der Waals surface area contributed by atoms with E-state index in [0.29, 0.717) is 11.3 Å². The van der Waals surface area contributed by atoms with Crippen molar-refractivity contribution < 1.29 is 27.8 Å². The molecule has 0 aliphatic rings. The zero-order valence-corrected chi connectivity index (χ0v) is 15.5. The molecule has 0 saturated heterocycles. The summed E-state index contributed by atoms with van der Waals surface area (Å²) < 4.78 is 37.0. The molecule has 140 valence electrons. The summed E-state index contributed by atoms with van der Waals surface area (Å²) in [7, 11) is -1.41. The van der Waals surface area contributed by atoms with E-state index in [9.17, 15) is 18.3 Å². The molecule has 0 spiro atoms. The van der Waals surface area contributed by atoms with Crippen molar-refractivity contribution in [2.45, 2.75) is 24.0 Å². The first-order chi connectivity index (χ1) is 12.3. The maximum atomic E-state index is 12.6.